The number of halogens is 1. The summed E-state index contributed by atoms with van der Waals surface area (Å²) in [6.45, 7) is 0. The molecule has 0 radical (unpaired) electrons. The van der Waals surface area contributed by atoms with Crippen LogP contribution in [0.1, 0.15) is 21.5 Å². The molecular formula is C27H24INO4. The van der Waals surface area contributed by atoms with Crippen molar-refractivity contribution >= 4 is 29.0 Å². The molecule has 3 aromatic carbocycles. The number of para-hydroxylation sites is 1. The Kier molecular flexibility index (Phi) is 8.06. The lowest BCUT2D eigenvalue weighted by atomic mass is 10.1. The van der Waals surface area contributed by atoms with Crippen molar-refractivity contribution in [2.45, 2.75) is 0 Å². The van der Waals surface area contributed by atoms with Crippen LogP contribution in [0.4, 0.5) is 0 Å². The Morgan fingerprint density at radius 3 is 2.15 bits per heavy atom. The van der Waals surface area contributed by atoms with Crippen LogP contribution in [0.2, 0.25) is 0 Å². The van der Waals surface area contributed by atoms with Gasteiger partial charge in [0.05, 0.1) is 25.2 Å². The van der Waals surface area contributed by atoms with Crippen LogP contribution >= 0.6 is 0 Å². The van der Waals surface area contributed by atoms with Crippen LogP contribution in [0, 0.1) is 0 Å². The molecule has 0 amide bonds. The standard InChI is InChI=1S/C27H24NO4.HI/c1-28-16-15-20(22-11-7-8-12-23(22)28)14-13-19-17-24(30-2)26(25(18-19)31-3)32-27(29)21-9-5-4-6-10-21;/h4-18H,1-3H3;1H/q+1;/p-1/b14-13+;. The predicted molar refractivity (Wildman–Crippen MR) is 125 cm³/mol. The highest BCUT2D eigenvalue weighted by molar-refractivity contribution is 5.92. The first-order chi connectivity index (χ1) is 15.6. The van der Waals surface area contributed by atoms with Gasteiger partial charge in [0.2, 0.25) is 11.3 Å². The monoisotopic (exact) mass is 553 g/mol. The van der Waals surface area contributed by atoms with Gasteiger partial charge in [-0.15, -0.1) is 0 Å². The molecule has 0 aliphatic carbocycles. The Balaban J connectivity index is 0.00000306. The first-order valence-electron chi connectivity index (χ1n) is 10.2. The van der Waals surface area contributed by atoms with Gasteiger partial charge in [0.1, 0.15) is 7.05 Å². The van der Waals surface area contributed by atoms with E-state index >= 15 is 0 Å². The quantitative estimate of drug-likeness (QED) is 0.159. The van der Waals surface area contributed by atoms with Crippen LogP contribution in [0.15, 0.2) is 79.0 Å². The minimum atomic E-state index is -0.478. The number of rotatable bonds is 6. The van der Waals surface area contributed by atoms with Gasteiger partial charge in [-0.3, -0.25) is 0 Å². The number of aromatic nitrogens is 1. The first-order valence-corrected chi connectivity index (χ1v) is 10.2. The van der Waals surface area contributed by atoms with Crippen molar-refractivity contribution in [1.82, 2.24) is 0 Å². The molecule has 0 aliphatic rings. The Hall–Kier alpha value is -3.39. The number of esters is 1. The van der Waals surface area contributed by atoms with Crippen LogP contribution in [0.3, 0.4) is 0 Å². The molecule has 33 heavy (non-hydrogen) atoms. The van der Waals surface area contributed by atoms with Gasteiger partial charge in [0.15, 0.2) is 17.7 Å². The number of benzene rings is 3. The maximum atomic E-state index is 12.5. The highest BCUT2D eigenvalue weighted by Gasteiger charge is 2.18. The molecular weight excluding hydrogens is 529 g/mol. The normalized spacial score (nSPS) is 10.6. The second-order valence-electron chi connectivity index (χ2n) is 7.24. The van der Waals surface area contributed by atoms with E-state index in [1.807, 2.05) is 55.7 Å². The molecule has 4 aromatic rings. The molecule has 0 atom stereocenters. The molecule has 6 heteroatoms. The van der Waals surface area contributed by atoms with Gasteiger partial charge in [-0.1, -0.05) is 42.5 Å². The van der Waals surface area contributed by atoms with E-state index in [0.717, 1.165) is 22.0 Å². The molecule has 0 N–H and O–H groups in total. The number of ether oxygens (including phenoxy) is 3. The highest BCUT2D eigenvalue weighted by atomic mass is 127. The van der Waals surface area contributed by atoms with Gasteiger partial charge in [-0.25, -0.2) is 9.36 Å². The van der Waals surface area contributed by atoms with Gasteiger partial charge in [-0.2, -0.15) is 0 Å². The van der Waals surface area contributed by atoms with E-state index in [2.05, 4.69) is 22.8 Å². The van der Waals surface area contributed by atoms with Crippen molar-refractivity contribution in [2.24, 2.45) is 7.05 Å². The Morgan fingerprint density at radius 2 is 1.48 bits per heavy atom. The lowest BCUT2D eigenvalue weighted by Crippen LogP contribution is -3.00. The summed E-state index contributed by atoms with van der Waals surface area (Å²) in [4.78, 5) is 12.5. The fraction of sp³-hybridized carbons (Fsp3) is 0.111. The average Bonchev–Trinajstić information content (AvgIpc) is 2.84. The van der Waals surface area contributed by atoms with Gasteiger partial charge in [0, 0.05) is 12.1 Å². The minimum Gasteiger partial charge on any atom is -1.00 e. The molecule has 1 heterocycles. The summed E-state index contributed by atoms with van der Waals surface area (Å²) in [6, 6.07) is 22.8. The first kappa shape index (κ1) is 24.3. The Labute approximate surface area is 210 Å². The van der Waals surface area contributed by atoms with Crippen LogP contribution < -0.4 is 42.8 Å². The molecule has 0 saturated heterocycles. The number of carbonyl (C=O) groups excluding carboxylic acids is 1. The Morgan fingerprint density at radius 1 is 0.848 bits per heavy atom. The molecule has 0 unspecified atom stereocenters. The van der Waals surface area contributed by atoms with Crippen molar-refractivity contribution in [3.8, 4) is 17.2 Å². The van der Waals surface area contributed by atoms with E-state index in [0.29, 0.717) is 17.1 Å². The molecule has 168 valence electrons. The van der Waals surface area contributed by atoms with Crippen LogP contribution in [0.5, 0.6) is 17.2 Å². The number of aryl methyl sites for hydroxylation is 1. The third-order valence-electron chi connectivity index (χ3n) is 5.22. The van der Waals surface area contributed by atoms with Gasteiger partial charge >= 0.3 is 5.97 Å². The maximum absolute atomic E-state index is 12.5. The highest BCUT2D eigenvalue weighted by Crippen LogP contribution is 2.39. The molecule has 0 aliphatic heterocycles. The van der Waals surface area contributed by atoms with E-state index in [9.17, 15) is 4.79 Å². The lowest BCUT2D eigenvalue weighted by Gasteiger charge is -2.14. The van der Waals surface area contributed by atoms with E-state index in [-0.39, 0.29) is 29.7 Å². The average molecular weight is 553 g/mol. The molecule has 0 spiro atoms. The summed E-state index contributed by atoms with van der Waals surface area (Å²) >= 11 is 0. The number of nitrogens with zero attached hydrogens (tertiary/aromatic N) is 1. The third kappa shape index (κ3) is 5.34. The molecule has 4 rings (SSSR count). The van der Waals surface area contributed by atoms with Gasteiger partial charge < -0.3 is 38.2 Å². The summed E-state index contributed by atoms with van der Waals surface area (Å²) in [5.74, 6) is 0.600. The molecule has 0 saturated carbocycles. The molecule has 5 nitrogen and oxygen atoms in total. The van der Waals surface area contributed by atoms with E-state index in [1.54, 1.807) is 24.3 Å². The fourth-order valence-electron chi connectivity index (χ4n) is 3.54. The predicted octanol–water partition coefficient (Wildman–Crippen LogP) is 2.08. The smallest absolute Gasteiger partial charge is 0.343 e. The molecule has 0 bridgehead atoms. The zero-order chi connectivity index (χ0) is 22.5. The fourth-order valence-corrected chi connectivity index (χ4v) is 3.54. The number of methoxy groups -OCH3 is 2. The summed E-state index contributed by atoms with van der Waals surface area (Å²) in [7, 11) is 5.10. The number of hydrogen-bond acceptors (Lipinski definition) is 4. The summed E-state index contributed by atoms with van der Waals surface area (Å²) in [5.41, 5.74) is 3.55. The summed E-state index contributed by atoms with van der Waals surface area (Å²) in [6.07, 6.45) is 6.07. The third-order valence-corrected chi connectivity index (χ3v) is 5.22. The maximum Gasteiger partial charge on any atom is 0.343 e. The van der Waals surface area contributed by atoms with Crippen molar-refractivity contribution in [3.05, 3.63) is 95.7 Å². The van der Waals surface area contributed by atoms with Gasteiger partial charge in [-0.05, 0) is 41.5 Å². The second kappa shape index (κ2) is 11.0. The van der Waals surface area contributed by atoms with Crippen molar-refractivity contribution in [3.63, 3.8) is 0 Å². The van der Waals surface area contributed by atoms with Crippen molar-refractivity contribution in [1.29, 1.82) is 0 Å². The van der Waals surface area contributed by atoms with E-state index in [4.69, 9.17) is 14.2 Å². The lowest BCUT2D eigenvalue weighted by molar-refractivity contribution is -0.644. The van der Waals surface area contributed by atoms with Crippen LogP contribution in [-0.4, -0.2) is 20.2 Å². The number of pyridine rings is 1. The number of fused-ring (bicyclic) bond motifs is 1. The SMILES string of the molecule is COc1cc(/C=C/c2cc[n+](C)c3ccccc23)cc(OC)c1OC(=O)c1ccccc1.[I-]. The second-order valence-corrected chi connectivity index (χ2v) is 7.24. The Bertz CT molecular complexity index is 1280. The van der Waals surface area contributed by atoms with Crippen molar-refractivity contribution in [2.75, 3.05) is 14.2 Å². The minimum absolute atomic E-state index is 0. The van der Waals surface area contributed by atoms with Gasteiger partial charge in [0.25, 0.3) is 0 Å². The van der Waals surface area contributed by atoms with E-state index < -0.39 is 5.97 Å². The molecule has 1 aromatic heterocycles. The summed E-state index contributed by atoms with van der Waals surface area (Å²) in [5, 5.41) is 1.15. The number of hydrogen-bond donors (Lipinski definition) is 0. The van der Waals surface area contributed by atoms with E-state index in [1.165, 1.54) is 14.2 Å². The zero-order valence-corrected chi connectivity index (χ0v) is 20.8. The van der Waals surface area contributed by atoms with Crippen LogP contribution in [0.25, 0.3) is 23.1 Å². The number of carbonyl (C=O) groups is 1. The largest absolute Gasteiger partial charge is 1.00 e. The van der Waals surface area contributed by atoms with Crippen LogP contribution in [-0.2, 0) is 7.05 Å². The topological polar surface area (TPSA) is 48.6 Å². The van der Waals surface area contributed by atoms with Crippen molar-refractivity contribution < 1.29 is 47.5 Å². The molecule has 0 fully saturated rings. The summed E-state index contributed by atoms with van der Waals surface area (Å²) < 4.78 is 18.7. The zero-order valence-electron chi connectivity index (χ0n) is 18.6.